The molecule has 0 saturated heterocycles. The van der Waals surface area contributed by atoms with Gasteiger partial charge in [0.1, 0.15) is 5.56 Å². The first-order chi connectivity index (χ1) is 15.2. The molecular formula is C26H25ClN2O3. The van der Waals surface area contributed by atoms with Crippen molar-refractivity contribution in [2.45, 2.75) is 40.0 Å². The van der Waals surface area contributed by atoms with Crippen molar-refractivity contribution in [2.75, 3.05) is 5.32 Å². The lowest BCUT2D eigenvalue weighted by Gasteiger charge is -2.31. The van der Waals surface area contributed by atoms with E-state index < -0.39 is 11.5 Å². The highest BCUT2D eigenvalue weighted by atomic mass is 35.5. The van der Waals surface area contributed by atoms with Crippen LogP contribution in [0.1, 0.15) is 59.0 Å². The second-order valence-electron chi connectivity index (χ2n) is 9.00. The number of pyridine rings is 1. The first-order valence-corrected chi connectivity index (χ1v) is 11.0. The Hall–Kier alpha value is -3.18. The van der Waals surface area contributed by atoms with Crippen molar-refractivity contribution in [2.24, 2.45) is 5.41 Å². The van der Waals surface area contributed by atoms with Crippen molar-refractivity contribution in [1.82, 2.24) is 4.57 Å². The van der Waals surface area contributed by atoms with Crippen LogP contribution < -0.4 is 10.9 Å². The van der Waals surface area contributed by atoms with E-state index in [2.05, 4.69) is 5.32 Å². The van der Waals surface area contributed by atoms with Gasteiger partial charge in [-0.1, -0.05) is 44.5 Å². The average molecular weight is 449 g/mol. The molecule has 0 fully saturated rings. The molecule has 6 heteroatoms. The highest BCUT2D eigenvalue weighted by Gasteiger charge is 2.36. The monoisotopic (exact) mass is 448 g/mol. The first-order valence-electron chi connectivity index (χ1n) is 10.7. The fourth-order valence-electron chi connectivity index (χ4n) is 4.23. The maximum Gasteiger partial charge on any atom is 0.268 e. The summed E-state index contributed by atoms with van der Waals surface area (Å²) in [6.07, 6.45) is 3.23. The van der Waals surface area contributed by atoms with E-state index in [9.17, 15) is 14.4 Å². The molecule has 0 saturated carbocycles. The maximum absolute atomic E-state index is 13.6. The molecule has 3 aromatic rings. The number of hydrogen-bond acceptors (Lipinski definition) is 3. The third-order valence-corrected chi connectivity index (χ3v) is 6.09. The van der Waals surface area contributed by atoms with Gasteiger partial charge in [0.05, 0.1) is 0 Å². The molecule has 0 atom stereocenters. The number of carbonyl (C=O) groups is 2. The molecule has 32 heavy (non-hydrogen) atoms. The van der Waals surface area contributed by atoms with Crippen LogP contribution in [-0.4, -0.2) is 16.3 Å². The van der Waals surface area contributed by atoms with Crippen molar-refractivity contribution < 1.29 is 9.59 Å². The maximum atomic E-state index is 13.6. The summed E-state index contributed by atoms with van der Waals surface area (Å²) in [5, 5.41) is 3.40. The number of aromatic nitrogens is 1. The summed E-state index contributed by atoms with van der Waals surface area (Å²) in [4.78, 5) is 40.0. The normalized spacial score (nSPS) is 14.7. The zero-order valence-corrected chi connectivity index (χ0v) is 19.1. The number of Topliss-reactive ketones (excluding diaryl/α,β-unsaturated/α-hetero) is 1. The molecule has 1 aliphatic rings. The Kier molecular flexibility index (Phi) is 5.78. The van der Waals surface area contributed by atoms with Crippen LogP contribution in [0.15, 0.2) is 59.5 Å². The quantitative estimate of drug-likeness (QED) is 0.576. The number of hydrogen-bond donors (Lipinski definition) is 1. The van der Waals surface area contributed by atoms with E-state index in [1.165, 1.54) is 4.57 Å². The lowest BCUT2D eigenvalue weighted by atomic mass is 9.73. The van der Waals surface area contributed by atoms with Gasteiger partial charge in [0.25, 0.3) is 11.5 Å². The molecule has 0 aliphatic heterocycles. The Labute approximate surface area is 192 Å². The minimum Gasteiger partial charge on any atom is -0.322 e. The van der Waals surface area contributed by atoms with Crippen LogP contribution in [0.2, 0.25) is 5.02 Å². The van der Waals surface area contributed by atoms with Crippen molar-refractivity contribution >= 4 is 29.0 Å². The fraction of sp³-hybridized carbons (Fsp3) is 0.269. The number of anilines is 1. The van der Waals surface area contributed by atoms with Crippen molar-refractivity contribution in [3.63, 3.8) is 0 Å². The highest BCUT2D eigenvalue weighted by molar-refractivity contribution is 6.30. The number of aryl methyl sites for hydroxylation is 1. The summed E-state index contributed by atoms with van der Waals surface area (Å²) in [7, 11) is 0. The van der Waals surface area contributed by atoms with Crippen molar-refractivity contribution in [3.8, 4) is 5.69 Å². The fourth-order valence-corrected chi connectivity index (χ4v) is 4.36. The molecule has 1 amide bonds. The molecule has 1 heterocycles. The van der Waals surface area contributed by atoms with Gasteiger partial charge in [0.2, 0.25) is 0 Å². The second kappa shape index (κ2) is 8.40. The van der Waals surface area contributed by atoms with Gasteiger partial charge in [-0.05, 0) is 65.8 Å². The highest BCUT2D eigenvalue weighted by Crippen LogP contribution is 2.36. The Bertz CT molecular complexity index is 1270. The molecule has 0 bridgehead atoms. The van der Waals surface area contributed by atoms with Crippen molar-refractivity contribution in [3.05, 3.63) is 92.4 Å². The van der Waals surface area contributed by atoms with Gasteiger partial charge in [-0.3, -0.25) is 19.0 Å². The SMILES string of the molecule is CCc1cccc(NC(=O)c2c3c(cn(-c4ccc(Cl)cc4)c2=O)C(=O)CC(C)(C)C3)c1. The van der Waals surface area contributed by atoms with E-state index in [-0.39, 0.29) is 16.8 Å². The minimum atomic E-state index is -0.506. The molecule has 1 aliphatic carbocycles. The van der Waals surface area contributed by atoms with E-state index >= 15 is 0 Å². The van der Waals surface area contributed by atoms with Crippen LogP contribution in [-0.2, 0) is 12.8 Å². The molecule has 1 N–H and O–H groups in total. The number of nitrogens with one attached hydrogen (secondary N) is 1. The predicted molar refractivity (Wildman–Crippen MR) is 127 cm³/mol. The van der Waals surface area contributed by atoms with Crippen LogP contribution >= 0.6 is 11.6 Å². The largest absolute Gasteiger partial charge is 0.322 e. The average Bonchev–Trinajstić information content (AvgIpc) is 2.73. The summed E-state index contributed by atoms with van der Waals surface area (Å²) in [6.45, 7) is 5.99. The van der Waals surface area contributed by atoms with Gasteiger partial charge in [-0.15, -0.1) is 0 Å². The number of rotatable bonds is 4. The number of carbonyl (C=O) groups excluding carboxylic acids is 2. The van der Waals surface area contributed by atoms with Crippen molar-refractivity contribution in [1.29, 1.82) is 0 Å². The van der Waals surface area contributed by atoms with Crippen LogP contribution in [0.25, 0.3) is 5.69 Å². The molecule has 164 valence electrons. The number of ketones is 1. The van der Waals surface area contributed by atoms with Gasteiger partial charge in [-0.2, -0.15) is 0 Å². The molecule has 5 nitrogen and oxygen atoms in total. The molecule has 0 spiro atoms. The van der Waals surface area contributed by atoms with Gasteiger partial charge in [0.15, 0.2) is 5.78 Å². The van der Waals surface area contributed by atoms with E-state index in [0.717, 1.165) is 12.0 Å². The third-order valence-electron chi connectivity index (χ3n) is 5.84. The lowest BCUT2D eigenvalue weighted by Crippen LogP contribution is -2.37. The summed E-state index contributed by atoms with van der Waals surface area (Å²) in [5.41, 5.74) is 2.40. The molecule has 0 unspecified atom stereocenters. The Morgan fingerprint density at radius 1 is 1.09 bits per heavy atom. The minimum absolute atomic E-state index is 0.0143. The number of nitrogens with zero attached hydrogens (tertiary/aromatic N) is 1. The van der Waals surface area contributed by atoms with E-state index in [4.69, 9.17) is 11.6 Å². The van der Waals surface area contributed by atoms with Gasteiger partial charge in [-0.25, -0.2) is 0 Å². The number of benzene rings is 2. The molecule has 2 aromatic carbocycles. The lowest BCUT2D eigenvalue weighted by molar-refractivity contribution is 0.0910. The second-order valence-corrected chi connectivity index (χ2v) is 9.43. The molecule has 1 aromatic heterocycles. The van der Waals surface area contributed by atoms with Crippen LogP contribution in [0, 0.1) is 5.41 Å². The third kappa shape index (κ3) is 4.26. The standard InChI is InChI=1S/C26H25ClN2O3/c1-4-16-6-5-7-18(12-16)28-24(31)23-20-13-26(2,3)14-22(30)21(20)15-29(25(23)32)19-10-8-17(27)9-11-19/h5-12,15H,4,13-14H2,1-3H3,(H,28,31). The molecule has 4 rings (SSSR count). The first kappa shape index (κ1) is 22.0. The summed E-state index contributed by atoms with van der Waals surface area (Å²) in [6, 6.07) is 14.3. The van der Waals surface area contributed by atoms with Crippen LogP contribution in [0.3, 0.4) is 0 Å². The zero-order valence-electron chi connectivity index (χ0n) is 18.4. The molecule has 0 radical (unpaired) electrons. The van der Waals surface area contributed by atoms with Gasteiger partial charge in [0, 0.05) is 34.6 Å². The Morgan fingerprint density at radius 3 is 2.50 bits per heavy atom. The Balaban J connectivity index is 1.89. The van der Waals surface area contributed by atoms with Crippen LogP contribution in [0.4, 0.5) is 5.69 Å². The topological polar surface area (TPSA) is 68.2 Å². The molecular weight excluding hydrogens is 424 g/mol. The summed E-state index contributed by atoms with van der Waals surface area (Å²) in [5.74, 6) is -0.575. The van der Waals surface area contributed by atoms with E-state index in [0.29, 0.717) is 40.4 Å². The summed E-state index contributed by atoms with van der Waals surface area (Å²) >= 11 is 6.00. The van der Waals surface area contributed by atoms with Gasteiger partial charge >= 0.3 is 0 Å². The number of fused-ring (bicyclic) bond motifs is 1. The van der Waals surface area contributed by atoms with Crippen LogP contribution in [0.5, 0.6) is 0 Å². The van der Waals surface area contributed by atoms with E-state index in [1.54, 1.807) is 36.5 Å². The summed E-state index contributed by atoms with van der Waals surface area (Å²) < 4.78 is 1.36. The van der Waals surface area contributed by atoms with E-state index in [1.807, 2.05) is 39.0 Å². The predicted octanol–water partition coefficient (Wildman–Crippen LogP) is 5.46. The van der Waals surface area contributed by atoms with Gasteiger partial charge < -0.3 is 5.32 Å². The smallest absolute Gasteiger partial charge is 0.268 e. The number of amides is 1. The number of halogens is 1. The Morgan fingerprint density at radius 2 is 1.81 bits per heavy atom. The zero-order chi connectivity index (χ0) is 23.0.